The number of rotatable bonds is 8. The lowest BCUT2D eigenvalue weighted by Crippen LogP contribution is -2.38. The molecule has 160 valence electrons. The fourth-order valence-corrected chi connectivity index (χ4v) is 4.16. The Bertz CT molecular complexity index is 791. The molecule has 0 unspecified atom stereocenters. The number of nitrogens with one attached hydrogen (secondary N) is 2. The predicted molar refractivity (Wildman–Crippen MR) is 130 cm³/mol. The van der Waals surface area contributed by atoms with E-state index in [0.717, 1.165) is 53.8 Å². The number of halogens is 1. The number of guanidine groups is 1. The minimum atomic E-state index is 0. The van der Waals surface area contributed by atoms with Gasteiger partial charge in [-0.1, -0.05) is 12.1 Å². The van der Waals surface area contributed by atoms with E-state index in [0.29, 0.717) is 6.54 Å². The van der Waals surface area contributed by atoms with Crippen LogP contribution in [0.3, 0.4) is 0 Å². The van der Waals surface area contributed by atoms with E-state index in [1.54, 1.807) is 25.5 Å². The first kappa shape index (κ1) is 23.7. The molecule has 2 aromatic rings. The lowest BCUT2D eigenvalue weighted by atomic mass is 10.1. The average Bonchev–Trinajstić information content (AvgIpc) is 3.37. The van der Waals surface area contributed by atoms with Gasteiger partial charge in [-0.2, -0.15) is 0 Å². The van der Waals surface area contributed by atoms with E-state index in [1.165, 1.54) is 17.7 Å². The first-order chi connectivity index (χ1) is 13.7. The molecule has 1 fully saturated rings. The van der Waals surface area contributed by atoms with Gasteiger partial charge in [0.25, 0.3) is 0 Å². The summed E-state index contributed by atoms with van der Waals surface area (Å²) in [5.74, 6) is 2.40. The standard InChI is InChI=1S/C21H30N4O2S.HI/c1-15-13-24-19(28-15)11-12-23-21(22-2)25-14-16-7-6-10-18(26-3)20(16)27-17-8-4-5-9-17;/h6-7,10,13,17H,4-5,8-9,11-12,14H2,1-3H3,(H2,22,23,25);1H. The van der Waals surface area contributed by atoms with Crippen LogP contribution in [0.1, 0.15) is 41.1 Å². The summed E-state index contributed by atoms with van der Waals surface area (Å²) in [5.41, 5.74) is 1.07. The topological polar surface area (TPSA) is 67.8 Å². The first-order valence-electron chi connectivity index (χ1n) is 9.88. The molecule has 29 heavy (non-hydrogen) atoms. The Balaban J connectivity index is 0.00000300. The SMILES string of the molecule is CN=C(NCCc1ncc(C)s1)NCc1cccc(OC)c1OC1CCCC1.I. The smallest absolute Gasteiger partial charge is 0.191 e. The van der Waals surface area contributed by atoms with Gasteiger partial charge >= 0.3 is 0 Å². The Morgan fingerprint density at radius 2 is 2.07 bits per heavy atom. The number of thiazole rings is 1. The van der Waals surface area contributed by atoms with Crippen molar-refractivity contribution in [3.05, 3.63) is 39.8 Å². The molecular weight excluding hydrogens is 499 g/mol. The highest BCUT2D eigenvalue weighted by Gasteiger charge is 2.20. The number of para-hydroxylation sites is 1. The number of hydrogen-bond acceptors (Lipinski definition) is 5. The van der Waals surface area contributed by atoms with Gasteiger partial charge in [0.15, 0.2) is 17.5 Å². The van der Waals surface area contributed by atoms with E-state index in [2.05, 4.69) is 33.6 Å². The van der Waals surface area contributed by atoms with Crippen LogP contribution in [-0.2, 0) is 13.0 Å². The number of ether oxygens (including phenoxy) is 2. The number of hydrogen-bond donors (Lipinski definition) is 2. The average molecular weight is 530 g/mol. The monoisotopic (exact) mass is 530 g/mol. The lowest BCUT2D eigenvalue weighted by Gasteiger charge is -2.20. The summed E-state index contributed by atoms with van der Waals surface area (Å²) in [6.45, 7) is 3.49. The first-order valence-corrected chi connectivity index (χ1v) is 10.7. The number of methoxy groups -OCH3 is 1. The third-order valence-electron chi connectivity index (χ3n) is 4.84. The van der Waals surface area contributed by atoms with Gasteiger partial charge in [0.05, 0.1) is 18.2 Å². The third kappa shape index (κ3) is 7.02. The predicted octanol–water partition coefficient (Wildman–Crippen LogP) is 4.31. The Hall–Kier alpha value is -1.55. The zero-order valence-corrected chi connectivity index (χ0v) is 20.5. The molecule has 1 aromatic carbocycles. The van der Waals surface area contributed by atoms with Crippen LogP contribution in [0, 0.1) is 6.92 Å². The quantitative estimate of drug-likeness (QED) is 0.303. The number of benzene rings is 1. The van der Waals surface area contributed by atoms with Crippen LogP contribution in [0.2, 0.25) is 0 Å². The maximum Gasteiger partial charge on any atom is 0.191 e. The van der Waals surface area contributed by atoms with Gasteiger partial charge in [0.2, 0.25) is 0 Å². The normalized spacial score (nSPS) is 14.4. The van der Waals surface area contributed by atoms with Crippen molar-refractivity contribution < 1.29 is 9.47 Å². The largest absolute Gasteiger partial charge is 0.493 e. The second kappa shape index (κ2) is 12.2. The summed E-state index contributed by atoms with van der Waals surface area (Å²) >= 11 is 1.74. The minimum absolute atomic E-state index is 0. The molecule has 0 aliphatic heterocycles. The summed E-state index contributed by atoms with van der Waals surface area (Å²) in [4.78, 5) is 9.96. The van der Waals surface area contributed by atoms with E-state index in [9.17, 15) is 0 Å². The van der Waals surface area contributed by atoms with Crippen molar-refractivity contribution in [2.24, 2.45) is 4.99 Å². The van der Waals surface area contributed by atoms with Crippen molar-refractivity contribution >= 4 is 41.3 Å². The van der Waals surface area contributed by atoms with Gasteiger partial charge in [-0.3, -0.25) is 4.99 Å². The summed E-state index contributed by atoms with van der Waals surface area (Å²) < 4.78 is 11.8. The number of aromatic nitrogens is 1. The lowest BCUT2D eigenvalue weighted by molar-refractivity contribution is 0.198. The molecule has 0 atom stereocenters. The van der Waals surface area contributed by atoms with Crippen LogP contribution in [0.25, 0.3) is 0 Å². The van der Waals surface area contributed by atoms with Crippen LogP contribution >= 0.6 is 35.3 Å². The van der Waals surface area contributed by atoms with Gasteiger partial charge in [0, 0.05) is 43.2 Å². The van der Waals surface area contributed by atoms with Crippen molar-refractivity contribution in [1.29, 1.82) is 0 Å². The maximum absolute atomic E-state index is 6.30. The fourth-order valence-electron chi connectivity index (χ4n) is 3.37. The molecule has 1 aromatic heterocycles. The van der Waals surface area contributed by atoms with Crippen molar-refractivity contribution in [3.63, 3.8) is 0 Å². The second-order valence-electron chi connectivity index (χ2n) is 6.94. The highest BCUT2D eigenvalue weighted by atomic mass is 127. The van der Waals surface area contributed by atoms with Gasteiger partial charge < -0.3 is 20.1 Å². The van der Waals surface area contributed by atoms with Crippen LogP contribution < -0.4 is 20.1 Å². The molecule has 1 aliphatic carbocycles. The van der Waals surface area contributed by atoms with Gasteiger partial charge in [-0.05, 0) is 38.7 Å². The van der Waals surface area contributed by atoms with Crippen molar-refractivity contribution in [3.8, 4) is 11.5 Å². The van der Waals surface area contributed by atoms with E-state index in [-0.39, 0.29) is 30.1 Å². The number of aliphatic imine (C=N–C) groups is 1. The second-order valence-corrected chi connectivity index (χ2v) is 8.26. The van der Waals surface area contributed by atoms with E-state index >= 15 is 0 Å². The number of aryl methyl sites for hydroxylation is 1. The molecule has 1 heterocycles. The summed E-state index contributed by atoms with van der Waals surface area (Å²) in [7, 11) is 3.47. The molecular formula is C21H31IN4O2S. The van der Waals surface area contributed by atoms with Crippen LogP contribution in [0.4, 0.5) is 0 Å². The summed E-state index contributed by atoms with van der Waals surface area (Å²) in [6.07, 6.45) is 7.80. The van der Waals surface area contributed by atoms with E-state index < -0.39 is 0 Å². The molecule has 0 saturated heterocycles. The highest BCUT2D eigenvalue weighted by Crippen LogP contribution is 2.34. The van der Waals surface area contributed by atoms with E-state index in [4.69, 9.17) is 9.47 Å². The zero-order chi connectivity index (χ0) is 19.8. The van der Waals surface area contributed by atoms with E-state index in [1.807, 2.05) is 18.3 Å². The summed E-state index contributed by atoms with van der Waals surface area (Å²) in [6, 6.07) is 6.03. The highest BCUT2D eigenvalue weighted by molar-refractivity contribution is 14.0. The minimum Gasteiger partial charge on any atom is -0.493 e. The summed E-state index contributed by atoms with van der Waals surface area (Å²) in [5, 5.41) is 7.87. The maximum atomic E-state index is 6.30. The molecule has 1 saturated carbocycles. The molecule has 2 N–H and O–H groups in total. The van der Waals surface area contributed by atoms with Crippen molar-refractivity contribution in [2.45, 2.75) is 51.7 Å². The third-order valence-corrected chi connectivity index (χ3v) is 5.81. The molecule has 0 amide bonds. The van der Waals surface area contributed by atoms with Gasteiger partial charge in [-0.25, -0.2) is 4.98 Å². The molecule has 3 rings (SSSR count). The Labute approximate surface area is 194 Å². The van der Waals surface area contributed by atoms with Crippen molar-refractivity contribution in [2.75, 3.05) is 20.7 Å². The molecule has 6 nitrogen and oxygen atoms in total. The molecule has 1 aliphatic rings. The van der Waals surface area contributed by atoms with Crippen LogP contribution in [0.5, 0.6) is 11.5 Å². The molecule has 8 heteroatoms. The van der Waals surface area contributed by atoms with Crippen LogP contribution in [-0.4, -0.2) is 37.7 Å². The van der Waals surface area contributed by atoms with Crippen molar-refractivity contribution in [1.82, 2.24) is 15.6 Å². The molecule has 0 spiro atoms. The Kier molecular flexibility index (Phi) is 9.99. The Morgan fingerprint density at radius 3 is 2.72 bits per heavy atom. The molecule has 0 bridgehead atoms. The molecule has 0 radical (unpaired) electrons. The Morgan fingerprint density at radius 1 is 1.28 bits per heavy atom. The number of nitrogens with zero attached hydrogens (tertiary/aromatic N) is 2. The fraction of sp³-hybridized carbons (Fsp3) is 0.524. The van der Waals surface area contributed by atoms with Gasteiger partial charge in [0.1, 0.15) is 0 Å². The van der Waals surface area contributed by atoms with Crippen LogP contribution in [0.15, 0.2) is 29.4 Å². The van der Waals surface area contributed by atoms with Gasteiger partial charge in [-0.15, -0.1) is 35.3 Å². The zero-order valence-electron chi connectivity index (χ0n) is 17.4.